The Labute approximate surface area is 92.7 Å². The predicted molar refractivity (Wildman–Crippen MR) is 58.3 cm³/mol. The highest BCUT2D eigenvalue weighted by molar-refractivity contribution is 5.64. The summed E-state index contributed by atoms with van der Waals surface area (Å²) >= 11 is 0. The summed E-state index contributed by atoms with van der Waals surface area (Å²) in [6.07, 6.45) is 1.68. The number of nitrogens with one attached hydrogen (secondary N) is 1. The molecule has 0 radical (unpaired) electrons. The Kier molecular flexibility index (Phi) is 2.29. The smallest absolute Gasteiger partial charge is 0.238 e. The van der Waals surface area contributed by atoms with Gasteiger partial charge in [-0.3, -0.25) is 0 Å². The first kappa shape index (κ1) is 10.4. The van der Waals surface area contributed by atoms with Crippen molar-refractivity contribution in [3.05, 3.63) is 18.3 Å². The summed E-state index contributed by atoms with van der Waals surface area (Å²) in [5.74, 6) is 0. The average molecular weight is 217 g/mol. The molecule has 0 aliphatic rings. The molecule has 6 nitrogen and oxygen atoms in total. The lowest BCUT2D eigenvalue weighted by atomic mass is 10.1. The van der Waals surface area contributed by atoms with Crippen LogP contribution in [0.2, 0.25) is 0 Å². The highest BCUT2D eigenvalue weighted by Crippen LogP contribution is 2.12. The Morgan fingerprint density at radius 3 is 2.88 bits per heavy atom. The van der Waals surface area contributed by atoms with Crippen molar-refractivity contribution in [2.75, 3.05) is 0 Å². The lowest BCUT2D eigenvalue weighted by Gasteiger charge is -2.12. The van der Waals surface area contributed by atoms with Crippen molar-refractivity contribution in [3.63, 3.8) is 0 Å². The van der Waals surface area contributed by atoms with Gasteiger partial charge in [-0.1, -0.05) is 0 Å². The van der Waals surface area contributed by atoms with Crippen molar-refractivity contribution >= 4 is 17.2 Å². The van der Waals surface area contributed by atoms with Gasteiger partial charge in [0.15, 0.2) is 0 Å². The molecule has 0 atom stereocenters. The van der Waals surface area contributed by atoms with Gasteiger partial charge >= 0.3 is 5.65 Å². The lowest BCUT2D eigenvalue weighted by molar-refractivity contribution is -0.748. The van der Waals surface area contributed by atoms with Crippen molar-refractivity contribution < 1.29 is 4.79 Å². The van der Waals surface area contributed by atoms with Gasteiger partial charge in [-0.2, -0.15) is 0 Å². The van der Waals surface area contributed by atoms with Gasteiger partial charge < -0.3 is 0 Å². The van der Waals surface area contributed by atoms with Crippen molar-refractivity contribution in [1.82, 2.24) is 14.9 Å². The van der Waals surface area contributed by atoms with Gasteiger partial charge in [-0.05, 0) is 42.5 Å². The molecule has 0 fully saturated rings. The predicted octanol–water partition coefficient (Wildman–Crippen LogP) is 0.990. The first-order valence-electron chi connectivity index (χ1n) is 4.93. The molecule has 2 aromatic heterocycles. The van der Waals surface area contributed by atoms with Crippen molar-refractivity contribution in [1.29, 1.82) is 5.41 Å². The zero-order valence-corrected chi connectivity index (χ0v) is 9.47. The Balaban J connectivity index is 2.83. The summed E-state index contributed by atoms with van der Waals surface area (Å²) in [5, 5.41) is 15.2. The van der Waals surface area contributed by atoms with Gasteiger partial charge in [0.2, 0.25) is 0 Å². The van der Waals surface area contributed by atoms with E-state index in [1.54, 1.807) is 11.0 Å². The monoisotopic (exact) mass is 217 g/mol. The number of aromatic nitrogens is 4. The molecule has 2 rings (SSSR count). The van der Waals surface area contributed by atoms with Gasteiger partial charge in [0.25, 0.3) is 5.52 Å². The number of pyridine rings is 1. The maximum absolute atomic E-state index is 6.96. The van der Waals surface area contributed by atoms with Gasteiger partial charge in [0.1, 0.15) is 11.5 Å². The Morgan fingerprint density at radius 2 is 2.25 bits per heavy atom. The van der Waals surface area contributed by atoms with E-state index in [9.17, 15) is 0 Å². The first-order chi connectivity index (χ1) is 7.54. The maximum Gasteiger partial charge on any atom is 0.344 e. The molecular formula is C10H13N6+. The second-order valence-corrected chi connectivity index (χ2v) is 4.41. The molecule has 16 heavy (non-hydrogen) atoms. The van der Waals surface area contributed by atoms with E-state index in [1.165, 1.54) is 4.79 Å². The zero-order chi connectivity index (χ0) is 11.8. The fourth-order valence-corrected chi connectivity index (χ4v) is 1.43. The first-order valence-corrected chi connectivity index (χ1v) is 4.93. The molecule has 0 aliphatic heterocycles. The van der Waals surface area contributed by atoms with Gasteiger partial charge in [0.05, 0.1) is 5.10 Å². The van der Waals surface area contributed by atoms with E-state index in [-0.39, 0.29) is 5.54 Å². The van der Waals surface area contributed by atoms with E-state index in [0.29, 0.717) is 5.65 Å². The third kappa shape index (κ3) is 1.59. The van der Waals surface area contributed by atoms with Crippen LogP contribution in [0.5, 0.6) is 0 Å². The standard InChI is InChI=1S/C10H13N6/c1-10(2,3)16-14-9-8(5-4-6-12-9)15(16)13-7-11/h4-6,11H,1-3H3/q+1. The minimum absolute atomic E-state index is 0.235. The topological polar surface area (TPSA) is 70.8 Å². The SMILES string of the molecule is CC(C)(C)n1nc2ncccc2[n+]1N=C=N. The number of fused-ring (bicyclic) bond motifs is 1. The van der Waals surface area contributed by atoms with Crippen molar-refractivity contribution in [2.24, 2.45) is 5.10 Å². The summed E-state index contributed by atoms with van der Waals surface area (Å²) < 4.78 is 0. The molecule has 1 N–H and O–H groups in total. The fourth-order valence-electron chi connectivity index (χ4n) is 1.43. The number of hydrogen-bond acceptors (Lipinski definition) is 4. The van der Waals surface area contributed by atoms with E-state index in [4.69, 9.17) is 5.41 Å². The molecule has 0 aliphatic carbocycles. The Bertz CT molecular complexity index is 570. The molecule has 82 valence electrons. The van der Waals surface area contributed by atoms with Crippen LogP contribution in [0.25, 0.3) is 11.2 Å². The van der Waals surface area contributed by atoms with Crippen LogP contribution in [0.1, 0.15) is 20.8 Å². The molecule has 0 saturated heterocycles. The van der Waals surface area contributed by atoms with Crippen LogP contribution in [-0.4, -0.2) is 20.9 Å². The minimum atomic E-state index is -0.235. The zero-order valence-electron chi connectivity index (χ0n) is 9.47. The maximum atomic E-state index is 6.96. The van der Waals surface area contributed by atoms with E-state index in [2.05, 4.69) is 15.2 Å². The molecule has 0 bridgehead atoms. The second kappa shape index (κ2) is 3.50. The quantitative estimate of drug-likeness (QED) is 0.571. The van der Waals surface area contributed by atoms with Crippen LogP contribution in [0, 0.1) is 5.41 Å². The van der Waals surface area contributed by atoms with Crippen LogP contribution >= 0.6 is 0 Å². The second-order valence-electron chi connectivity index (χ2n) is 4.41. The molecular weight excluding hydrogens is 204 g/mol. The van der Waals surface area contributed by atoms with Crippen LogP contribution < -0.4 is 4.79 Å². The molecule has 2 aromatic rings. The third-order valence-electron chi connectivity index (χ3n) is 2.10. The largest absolute Gasteiger partial charge is 0.344 e. The van der Waals surface area contributed by atoms with Gasteiger partial charge in [-0.15, -0.1) is 0 Å². The van der Waals surface area contributed by atoms with Crippen LogP contribution in [-0.2, 0) is 5.54 Å². The molecule has 0 amide bonds. The minimum Gasteiger partial charge on any atom is -0.238 e. The van der Waals surface area contributed by atoms with Crippen LogP contribution in [0.15, 0.2) is 23.4 Å². The fraction of sp³-hybridized carbons (Fsp3) is 0.400. The molecule has 0 unspecified atom stereocenters. The summed E-state index contributed by atoms with van der Waals surface area (Å²) in [6, 6.07) is 5.70. The summed E-state index contributed by atoms with van der Waals surface area (Å²) in [5.41, 5.74) is 1.13. The number of hydrogen-bond donors (Lipinski definition) is 1. The molecule has 0 spiro atoms. The average Bonchev–Trinajstić information content (AvgIpc) is 2.58. The summed E-state index contributed by atoms with van der Waals surface area (Å²) in [7, 11) is 0. The van der Waals surface area contributed by atoms with Crippen LogP contribution in [0.4, 0.5) is 0 Å². The Morgan fingerprint density at radius 1 is 1.50 bits per heavy atom. The van der Waals surface area contributed by atoms with E-state index >= 15 is 0 Å². The van der Waals surface area contributed by atoms with Crippen molar-refractivity contribution in [2.45, 2.75) is 26.3 Å². The molecule has 0 aromatic carbocycles. The number of rotatable bonds is 1. The summed E-state index contributed by atoms with van der Waals surface area (Å²) in [6.45, 7) is 6.03. The highest BCUT2D eigenvalue weighted by atomic mass is 15.7. The highest BCUT2D eigenvalue weighted by Gasteiger charge is 2.29. The normalized spacial score (nSPS) is 11.4. The molecule has 2 heterocycles. The van der Waals surface area contributed by atoms with E-state index < -0.39 is 0 Å². The van der Waals surface area contributed by atoms with Crippen LogP contribution in [0.3, 0.4) is 0 Å². The van der Waals surface area contributed by atoms with Gasteiger partial charge in [-0.25, -0.2) is 10.4 Å². The lowest BCUT2D eigenvalue weighted by Crippen LogP contribution is -2.46. The van der Waals surface area contributed by atoms with E-state index in [1.807, 2.05) is 38.9 Å². The van der Waals surface area contributed by atoms with Crippen molar-refractivity contribution in [3.8, 4) is 0 Å². The van der Waals surface area contributed by atoms with E-state index in [0.717, 1.165) is 5.52 Å². The number of nitrogens with zero attached hydrogens (tertiary/aromatic N) is 5. The molecule has 6 heteroatoms. The third-order valence-corrected chi connectivity index (χ3v) is 2.10. The summed E-state index contributed by atoms with van der Waals surface area (Å²) in [4.78, 5) is 7.38. The molecule has 0 saturated carbocycles. The Hall–Kier alpha value is -2.07. The van der Waals surface area contributed by atoms with Gasteiger partial charge in [0, 0.05) is 11.3 Å².